The fraction of sp³-hybridized carbons (Fsp3) is 0.636. The topological polar surface area (TPSA) is 56.6 Å². The van der Waals surface area contributed by atoms with Gasteiger partial charge in [0.25, 0.3) is 0 Å². The molecule has 154 valence electrons. The fourth-order valence-electron chi connectivity index (χ4n) is 3.87. The van der Waals surface area contributed by atoms with Crippen molar-refractivity contribution in [3.63, 3.8) is 0 Å². The Morgan fingerprint density at radius 1 is 1.29 bits per heavy atom. The molecule has 1 amide bonds. The highest BCUT2D eigenvalue weighted by Crippen LogP contribution is 2.32. The van der Waals surface area contributed by atoms with E-state index in [4.69, 9.17) is 4.74 Å². The number of benzene rings is 1. The number of halogens is 1. The second-order valence-electron chi connectivity index (χ2n) is 8.47. The van der Waals surface area contributed by atoms with Crippen molar-refractivity contribution >= 4 is 6.09 Å². The van der Waals surface area contributed by atoms with E-state index < -0.39 is 11.4 Å². The van der Waals surface area contributed by atoms with Crippen LogP contribution in [-0.2, 0) is 4.74 Å². The van der Waals surface area contributed by atoms with Gasteiger partial charge in [-0.25, -0.2) is 9.18 Å². The van der Waals surface area contributed by atoms with Gasteiger partial charge in [0, 0.05) is 31.2 Å². The van der Waals surface area contributed by atoms with Crippen molar-refractivity contribution in [1.82, 2.24) is 9.80 Å². The molecular weight excluding hydrogens is 357 g/mol. The van der Waals surface area contributed by atoms with Gasteiger partial charge in [0.05, 0.1) is 11.6 Å². The first-order valence-corrected chi connectivity index (χ1v) is 10.1. The Labute approximate surface area is 168 Å². The van der Waals surface area contributed by atoms with Crippen molar-refractivity contribution in [3.8, 4) is 6.07 Å². The first-order valence-electron chi connectivity index (χ1n) is 10.1. The van der Waals surface area contributed by atoms with Crippen LogP contribution < -0.4 is 0 Å². The monoisotopic (exact) mass is 389 g/mol. The van der Waals surface area contributed by atoms with E-state index in [-0.39, 0.29) is 24.2 Å². The van der Waals surface area contributed by atoms with Gasteiger partial charge in [-0.1, -0.05) is 19.9 Å². The van der Waals surface area contributed by atoms with Gasteiger partial charge in [0.1, 0.15) is 11.4 Å². The van der Waals surface area contributed by atoms with Crippen LogP contribution in [0.3, 0.4) is 0 Å². The van der Waals surface area contributed by atoms with Crippen LogP contribution in [0.5, 0.6) is 0 Å². The van der Waals surface area contributed by atoms with Gasteiger partial charge in [-0.3, -0.25) is 4.90 Å². The van der Waals surface area contributed by atoms with Gasteiger partial charge in [-0.15, -0.1) is 0 Å². The molecule has 1 saturated heterocycles. The van der Waals surface area contributed by atoms with Crippen LogP contribution in [-0.4, -0.2) is 46.7 Å². The Morgan fingerprint density at radius 3 is 2.46 bits per heavy atom. The molecule has 0 bridgehead atoms. The minimum Gasteiger partial charge on any atom is -0.444 e. The summed E-state index contributed by atoms with van der Waals surface area (Å²) in [6.07, 6.45) is 1.40. The highest BCUT2D eigenvalue weighted by Gasteiger charge is 2.39. The predicted molar refractivity (Wildman–Crippen MR) is 107 cm³/mol. The lowest BCUT2D eigenvalue weighted by molar-refractivity contribution is -0.0268. The molecule has 5 nitrogen and oxygen atoms in total. The van der Waals surface area contributed by atoms with Crippen LogP contribution in [0.2, 0.25) is 0 Å². The summed E-state index contributed by atoms with van der Waals surface area (Å²) in [5.41, 5.74) is 0.657. The van der Waals surface area contributed by atoms with Crippen molar-refractivity contribution in [2.75, 3.05) is 13.1 Å². The third-order valence-electron chi connectivity index (χ3n) is 5.39. The minimum absolute atomic E-state index is 0.0334. The van der Waals surface area contributed by atoms with Crippen molar-refractivity contribution < 1.29 is 13.9 Å². The van der Waals surface area contributed by atoms with Crippen molar-refractivity contribution in [2.24, 2.45) is 0 Å². The maximum absolute atomic E-state index is 13.6. The average molecular weight is 390 g/mol. The van der Waals surface area contributed by atoms with Crippen LogP contribution in [0.1, 0.15) is 71.6 Å². The Hall–Kier alpha value is -2.13. The van der Waals surface area contributed by atoms with E-state index in [2.05, 4.69) is 24.8 Å². The maximum atomic E-state index is 13.6. The standard InChI is InChI=1S/C22H32FN3O2/c1-7-18-14-26(21(27)28-22(4,5)6)19(8-2)13-25(18)15(3)20-10-9-17(23)11-16(20)12-24/h9-11,15,18-19H,7-8,13-14H2,1-6H3/t15?,18-,19+/m1/s1. The summed E-state index contributed by atoms with van der Waals surface area (Å²) in [7, 11) is 0. The molecule has 1 unspecified atom stereocenters. The van der Waals surface area contributed by atoms with Crippen LogP contribution in [0, 0.1) is 17.1 Å². The summed E-state index contributed by atoms with van der Waals surface area (Å²) < 4.78 is 19.2. The first kappa shape index (κ1) is 22.2. The van der Waals surface area contributed by atoms with Gasteiger partial charge < -0.3 is 9.64 Å². The van der Waals surface area contributed by atoms with E-state index in [1.54, 1.807) is 6.07 Å². The van der Waals surface area contributed by atoms with Crippen LogP contribution in [0.15, 0.2) is 18.2 Å². The lowest BCUT2D eigenvalue weighted by Crippen LogP contribution is -2.60. The van der Waals surface area contributed by atoms with E-state index in [9.17, 15) is 14.4 Å². The Morgan fingerprint density at radius 2 is 1.93 bits per heavy atom. The van der Waals surface area contributed by atoms with Gasteiger partial charge in [0.2, 0.25) is 0 Å². The molecule has 1 heterocycles. The van der Waals surface area contributed by atoms with Crippen LogP contribution in [0.25, 0.3) is 0 Å². The van der Waals surface area contributed by atoms with Crippen LogP contribution in [0.4, 0.5) is 9.18 Å². The largest absolute Gasteiger partial charge is 0.444 e. The molecule has 0 N–H and O–H groups in total. The number of nitriles is 1. The van der Waals surface area contributed by atoms with E-state index >= 15 is 0 Å². The summed E-state index contributed by atoms with van der Waals surface area (Å²) >= 11 is 0. The number of nitrogens with zero attached hydrogens (tertiary/aromatic N) is 3. The second-order valence-corrected chi connectivity index (χ2v) is 8.47. The highest BCUT2D eigenvalue weighted by molar-refractivity contribution is 5.69. The maximum Gasteiger partial charge on any atom is 0.410 e. The van der Waals surface area contributed by atoms with Gasteiger partial charge >= 0.3 is 6.09 Å². The third kappa shape index (κ3) is 5.02. The fourth-order valence-corrected chi connectivity index (χ4v) is 3.87. The number of carbonyl (C=O) groups excluding carboxylic acids is 1. The normalized spacial score (nSPS) is 21.9. The number of rotatable bonds is 4. The van der Waals surface area contributed by atoms with Crippen molar-refractivity contribution in [1.29, 1.82) is 5.26 Å². The highest BCUT2D eigenvalue weighted by atomic mass is 19.1. The summed E-state index contributed by atoms with van der Waals surface area (Å²) in [4.78, 5) is 16.9. The van der Waals surface area contributed by atoms with Crippen LogP contribution >= 0.6 is 0 Å². The number of piperazine rings is 1. The van der Waals surface area contributed by atoms with Gasteiger partial charge in [-0.2, -0.15) is 5.26 Å². The molecule has 28 heavy (non-hydrogen) atoms. The summed E-state index contributed by atoms with van der Waals surface area (Å²) in [5, 5.41) is 9.43. The summed E-state index contributed by atoms with van der Waals surface area (Å²) in [6.45, 7) is 13.1. The molecule has 0 aromatic heterocycles. The van der Waals surface area contributed by atoms with Crippen molar-refractivity contribution in [3.05, 3.63) is 35.1 Å². The second kappa shape index (κ2) is 8.91. The van der Waals surface area contributed by atoms with Gasteiger partial charge in [0.15, 0.2) is 0 Å². The molecule has 1 aliphatic heterocycles. The smallest absolute Gasteiger partial charge is 0.410 e. The SMILES string of the molecule is CC[C@H]1CN(C(C)c2ccc(F)cc2C#N)[C@H](CC)CN1C(=O)OC(C)(C)C. The Balaban J connectivity index is 2.28. The molecule has 2 rings (SSSR count). The molecule has 0 spiro atoms. The molecule has 0 radical (unpaired) electrons. The average Bonchev–Trinajstić information content (AvgIpc) is 2.64. The number of amides is 1. The molecule has 3 atom stereocenters. The number of hydrogen-bond acceptors (Lipinski definition) is 4. The predicted octanol–water partition coefficient (Wildman–Crippen LogP) is 4.87. The molecule has 0 saturated carbocycles. The molecule has 1 fully saturated rings. The quantitative estimate of drug-likeness (QED) is 0.737. The zero-order valence-corrected chi connectivity index (χ0v) is 17.8. The molecule has 1 aliphatic rings. The lowest BCUT2D eigenvalue weighted by atomic mass is 9.95. The third-order valence-corrected chi connectivity index (χ3v) is 5.39. The zero-order valence-electron chi connectivity index (χ0n) is 17.8. The van der Waals surface area contributed by atoms with E-state index in [0.29, 0.717) is 18.7 Å². The zero-order chi connectivity index (χ0) is 21.1. The lowest BCUT2D eigenvalue weighted by Gasteiger charge is -2.48. The molecule has 0 aliphatic carbocycles. The van der Waals surface area contributed by atoms with Gasteiger partial charge in [-0.05, 0) is 58.2 Å². The Bertz CT molecular complexity index is 738. The number of hydrogen-bond donors (Lipinski definition) is 0. The number of carbonyl (C=O) groups is 1. The molecule has 1 aromatic carbocycles. The first-order chi connectivity index (χ1) is 13.1. The number of ether oxygens (including phenoxy) is 1. The minimum atomic E-state index is -0.530. The molecule has 6 heteroatoms. The van der Waals surface area contributed by atoms with E-state index in [1.165, 1.54) is 12.1 Å². The van der Waals surface area contributed by atoms with Crippen molar-refractivity contribution in [2.45, 2.75) is 78.1 Å². The Kier molecular flexibility index (Phi) is 7.06. The summed E-state index contributed by atoms with van der Waals surface area (Å²) in [5.74, 6) is -0.402. The molecule has 1 aromatic rings. The van der Waals surface area contributed by atoms with E-state index in [0.717, 1.165) is 18.4 Å². The molecular formula is C22H32FN3O2. The summed E-state index contributed by atoms with van der Waals surface area (Å²) in [6, 6.07) is 6.64. The van der Waals surface area contributed by atoms with E-state index in [1.807, 2.05) is 32.6 Å².